The topological polar surface area (TPSA) is 98.5 Å². The third-order valence-electron chi connectivity index (χ3n) is 4.00. The van der Waals surface area contributed by atoms with Gasteiger partial charge in [0.1, 0.15) is 5.00 Å². The Bertz CT molecular complexity index is 958. The van der Waals surface area contributed by atoms with Gasteiger partial charge in [-0.3, -0.25) is 9.59 Å². The van der Waals surface area contributed by atoms with Gasteiger partial charge in [-0.1, -0.05) is 34.8 Å². The standard InChI is InChI=1S/C17H13Cl3N2O4S/c18-8-4-5-9(19)14(20)13(8)17(25)26-6-11(23)22-16-12(15(21)24)7-2-1-3-10(7)27-16/h4-5H,1-3,6H2,(H2,21,24)(H,22,23). The molecule has 1 aromatic carbocycles. The molecule has 10 heteroatoms. The molecule has 0 saturated carbocycles. The second-order valence-electron chi connectivity index (χ2n) is 5.77. The first-order chi connectivity index (χ1) is 12.8. The van der Waals surface area contributed by atoms with Gasteiger partial charge in [-0.2, -0.15) is 0 Å². The molecule has 0 fully saturated rings. The Morgan fingerprint density at radius 3 is 2.52 bits per heavy atom. The van der Waals surface area contributed by atoms with Gasteiger partial charge in [0.2, 0.25) is 0 Å². The number of hydrogen-bond donors (Lipinski definition) is 2. The molecule has 1 aliphatic carbocycles. The first-order valence-electron chi connectivity index (χ1n) is 7.84. The smallest absolute Gasteiger partial charge is 0.341 e. The van der Waals surface area contributed by atoms with Crippen molar-refractivity contribution in [2.75, 3.05) is 11.9 Å². The number of carbonyl (C=O) groups is 3. The minimum absolute atomic E-state index is 0.0553. The summed E-state index contributed by atoms with van der Waals surface area (Å²) in [5, 5.41) is 3.08. The lowest BCUT2D eigenvalue weighted by Gasteiger charge is -2.09. The van der Waals surface area contributed by atoms with E-state index in [1.165, 1.54) is 23.5 Å². The molecule has 0 unspecified atom stereocenters. The van der Waals surface area contributed by atoms with Crippen molar-refractivity contribution in [1.29, 1.82) is 0 Å². The summed E-state index contributed by atoms with van der Waals surface area (Å²) in [7, 11) is 0. The zero-order valence-electron chi connectivity index (χ0n) is 13.7. The number of benzene rings is 1. The number of halogens is 3. The number of ether oxygens (including phenoxy) is 1. The number of fused-ring (bicyclic) bond motifs is 1. The molecule has 0 saturated heterocycles. The Kier molecular flexibility index (Phi) is 5.95. The molecule has 0 bridgehead atoms. The molecule has 27 heavy (non-hydrogen) atoms. The number of amides is 2. The summed E-state index contributed by atoms with van der Waals surface area (Å²) >= 11 is 19.1. The summed E-state index contributed by atoms with van der Waals surface area (Å²) in [6, 6.07) is 2.84. The minimum Gasteiger partial charge on any atom is -0.452 e. The van der Waals surface area contributed by atoms with Crippen molar-refractivity contribution in [3.63, 3.8) is 0 Å². The Balaban J connectivity index is 1.69. The van der Waals surface area contributed by atoms with Gasteiger partial charge < -0.3 is 15.8 Å². The van der Waals surface area contributed by atoms with E-state index in [0.717, 1.165) is 29.7 Å². The van der Waals surface area contributed by atoms with Gasteiger partial charge in [0.15, 0.2) is 6.61 Å². The Morgan fingerprint density at radius 2 is 1.81 bits per heavy atom. The quantitative estimate of drug-likeness (QED) is 0.532. The molecule has 2 amide bonds. The van der Waals surface area contributed by atoms with E-state index < -0.39 is 24.4 Å². The number of primary amides is 1. The lowest BCUT2D eigenvalue weighted by Crippen LogP contribution is -2.23. The molecule has 0 spiro atoms. The van der Waals surface area contributed by atoms with Gasteiger partial charge in [-0.25, -0.2) is 4.79 Å². The van der Waals surface area contributed by atoms with Crippen LogP contribution >= 0.6 is 46.1 Å². The lowest BCUT2D eigenvalue weighted by molar-refractivity contribution is -0.119. The zero-order chi connectivity index (χ0) is 19.7. The molecular weight excluding hydrogens is 435 g/mol. The fourth-order valence-corrected chi connectivity index (χ4v) is 4.83. The predicted molar refractivity (Wildman–Crippen MR) is 105 cm³/mol. The van der Waals surface area contributed by atoms with E-state index in [0.29, 0.717) is 10.6 Å². The van der Waals surface area contributed by atoms with Crippen molar-refractivity contribution in [3.8, 4) is 0 Å². The molecule has 0 atom stereocenters. The van der Waals surface area contributed by atoms with Crippen LogP contribution in [0.4, 0.5) is 5.00 Å². The number of aryl methyl sites for hydroxylation is 1. The number of hydrogen-bond acceptors (Lipinski definition) is 5. The Hall–Kier alpha value is -1.80. The first-order valence-corrected chi connectivity index (χ1v) is 9.79. The highest BCUT2D eigenvalue weighted by Crippen LogP contribution is 2.38. The van der Waals surface area contributed by atoms with Gasteiger partial charge in [0.05, 0.1) is 26.2 Å². The number of nitrogens with one attached hydrogen (secondary N) is 1. The van der Waals surface area contributed by atoms with Crippen molar-refractivity contribution in [2.45, 2.75) is 19.3 Å². The third-order valence-corrected chi connectivity index (χ3v) is 6.33. The summed E-state index contributed by atoms with van der Waals surface area (Å²) in [6.07, 6.45) is 2.55. The van der Waals surface area contributed by atoms with Crippen LogP contribution in [0.5, 0.6) is 0 Å². The van der Waals surface area contributed by atoms with Gasteiger partial charge in [-0.15, -0.1) is 11.3 Å². The van der Waals surface area contributed by atoms with Crippen molar-refractivity contribution in [3.05, 3.63) is 48.8 Å². The number of carbonyl (C=O) groups excluding carboxylic acids is 3. The molecule has 0 radical (unpaired) electrons. The average Bonchev–Trinajstić information content (AvgIpc) is 3.17. The van der Waals surface area contributed by atoms with Crippen LogP contribution in [0.15, 0.2) is 12.1 Å². The second kappa shape index (κ2) is 8.06. The van der Waals surface area contributed by atoms with Crippen molar-refractivity contribution in [2.24, 2.45) is 5.73 Å². The molecule has 0 aliphatic heterocycles. The second-order valence-corrected chi connectivity index (χ2v) is 8.07. The van der Waals surface area contributed by atoms with Gasteiger partial charge >= 0.3 is 5.97 Å². The van der Waals surface area contributed by atoms with Crippen LogP contribution in [-0.4, -0.2) is 24.4 Å². The number of esters is 1. The highest BCUT2D eigenvalue weighted by Gasteiger charge is 2.26. The molecule has 1 aliphatic rings. The number of nitrogens with two attached hydrogens (primary N) is 1. The van der Waals surface area contributed by atoms with Crippen LogP contribution in [0.1, 0.15) is 37.6 Å². The largest absolute Gasteiger partial charge is 0.452 e. The molecule has 6 nitrogen and oxygen atoms in total. The maximum atomic E-state index is 12.2. The van der Waals surface area contributed by atoms with Crippen LogP contribution in [0, 0.1) is 0 Å². The van der Waals surface area contributed by atoms with E-state index in [2.05, 4.69) is 5.32 Å². The van der Waals surface area contributed by atoms with E-state index in [1.807, 2.05) is 0 Å². The molecule has 1 heterocycles. The van der Waals surface area contributed by atoms with Crippen molar-refractivity contribution >= 4 is 68.9 Å². The van der Waals surface area contributed by atoms with E-state index in [1.54, 1.807) is 0 Å². The van der Waals surface area contributed by atoms with Crippen LogP contribution < -0.4 is 11.1 Å². The van der Waals surface area contributed by atoms with E-state index in [9.17, 15) is 14.4 Å². The van der Waals surface area contributed by atoms with E-state index >= 15 is 0 Å². The summed E-state index contributed by atoms with van der Waals surface area (Å²) in [6.45, 7) is -0.585. The highest BCUT2D eigenvalue weighted by molar-refractivity contribution is 7.17. The normalized spacial score (nSPS) is 12.6. The van der Waals surface area contributed by atoms with Crippen molar-refractivity contribution < 1.29 is 19.1 Å². The van der Waals surface area contributed by atoms with E-state index in [4.69, 9.17) is 45.3 Å². The predicted octanol–water partition coefficient (Wildman–Crippen LogP) is 4.09. The number of thiophene rings is 1. The summed E-state index contributed by atoms with van der Waals surface area (Å²) < 4.78 is 4.97. The zero-order valence-corrected chi connectivity index (χ0v) is 16.8. The SMILES string of the molecule is NC(=O)c1c(NC(=O)COC(=O)c2c(Cl)ccc(Cl)c2Cl)sc2c1CCC2. The van der Waals surface area contributed by atoms with Gasteiger partial charge in [0.25, 0.3) is 11.8 Å². The lowest BCUT2D eigenvalue weighted by atomic mass is 10.1. The fourth-order valence-electron chi connectivity index (χ4n) is 2.83. The fraction of sp³-hybridized carbons (Fsp3) is 0.235. The summed E-state index contributed by atoms with van der Waals surface area (Å²) in [4.78, 5) is 37.1. The van der Waals surface area contributed by atoms with Gasteiger partial charge in [0, 0.05) is 4.88 Å². The molecule has 1 aromatic heterocycles. The highest BCUT2D eigenvalue weighted by atomic mass is 35.5. The summed E-state index contributed by atoms with van der Waals surface area (Å²) in [5.74, 6) is -2.09. The van der Waals surface area contributed by atoms with Crippen LogP contribution in [0.3, 0.4) is 0 Å². The third kappa shape index (κ3) is 4.06. The molecule has 3 N–H and O–H groups in total. The number of rotatable bonds is 5. The first kappa shape index (κ1) is 19.9. The van der Waals surface area contributed by atoms with E-state index in [-0.39, 0.29) is 20.6 Å². The van der Waals surface area contributed by atoms with Crippen LogP contribution in [0.25, 0.3) is 0 Å². The molecule has 142 valence electrons. The summed E-state index contributed by atoms with van der Waals surface area (Å²) in [5.41, 5.74) is 6.54. The van der Waals surface area contributed by atoms with Gasteiger partial charge in [-0.05, 0) is 37.0 Å². The molecular formula is C17H13Cl3N2O4S. The average molecular weight is 448 g/mol. The minimum atomic E-state index is -0.883. The monoisotopic (exact) mass is 446 g/mol. The molecule has 2 aromatic rings. The molecule has 3 rings (SSSR count). The maximum Gasteiger partial charge on any atom is 0.341 e. The Morgan fingerprint density at radius 1 is 1.11 bits per heavy atom. The Labute approximate surface area is 173 Å². The van der Waals surface area contributed by atoms with Crippen molar-refractivity contribution in [1.82, 2.24) is 0 Å². The van der Waals surface area contributed by atoms with Crippen LogP contribution in [0.2, 0.25) is 15.1 Å². The van der Waals surface area contributed by atoms with Crippen LogP contribution in [-0.2, 0) is 22.4 Å². The number of anilines is 1. The maximum absolute atomic E-state index is 12.2.